The third-order valence-electron chi connectivity index (χ3n) is 2.40. The molecule has 1 amide bonds. The van der Waals surface area contributed by atoms with E-state index in [2.05, 4.69) is 10.3 Å². The molecule has 0 aliphatic carbocycles. The number of amides is 1. The van der Waals surface area contributed by atoms with E-state index in [9.17, 15) is 13.6 Å². The number of nitrogens with zero attached hydrogens (tertiary/aromatic N) is 1. The summed E-state index contributed by atoms with van der Waals surface area (Å²) in [4.78, 5) is 15.9. The largest absolute Gasteiger partial charge is 0.396 e. The maximum atomic E-state index is 13.4. The van der Waals surface area contributed by atoms with Gasteiger partial charge in [-0.1, -0.05) is 0 Å². The first kappa shape index (κ1) is 13.4. The van der Waals surface area contributed by atoms with Gasteiger partial charge in [-0.05, 0) is 13.0 Å². The van der Waals surface area contributed by atoms with Gasteiger partial charge >= 0.3 is 0 Å². The zero-order valence-corrected chi connectivity index (χ0v) is 10.9. The van der Waals surface area contributed by atoms with Gasteiger partial charge in [0.25, 0.3) is 5.91 Å². The monoisotopic (exact) mass is 283 g/mol. The lowest BCUT2D eigenvalue weighted by atomic mass is 10.1. The molecule has 19 heavy (non-hydrogen) atoms. The zero-order chi connectivity index (χ0) is 14.0. The molecule has 0 bridgehead atoms. The van der Waals surface area contributed by atoms with Gasteiger partial charge in [0.15, 0.2) is 0 Å². The Kier molecular flexibility index (Phi) is 3.75. The number of hydrogen-bond donors (Lipinski definition) is 2. The number of carbonyl (C=O) groups is 1. The summed E-state index contributed by atoms with van der Waals surface area (Å²) in [6.45, 7) is 2.02. The molecule has 0 aliphatic heterocycles. The lowest BCUT2D eigenvalue weighted by molar-refractivity contribution is 0.0947. The molecule has 0 saturated carbocycles. The van der Waals surface area contributed by atoms with Gasteiger partial charge in [-0.15, -0.1) is 11.3 Å². The molecule has 0 saturated heterocycles. The first-order valence-corrected chi connectivity index (χ1v) is 6.29. The average molecular weight is 283 g/mol. The van der Waals surface area contributed by atoms with Crippen LogP contribution >= 0.6 is 11.3 Å². The van der Waals surface area contributed by atoms with Crippen molar-refractivity contribution in [3.63, 3.8) is 0 Å². The van der Waals surface area contributed by atoms with Crippen molar-refractivity contribution in [1.82, 2.24) is 10.3 Å². The zero-order valence-electron chi connectivity index (χ0n) is 10.0. The van der Waals surface area contributed by atoms with Crippen molar-refractivity contribution >= 4 is 22.9 Å². The molecule has 1 aromatic heterocycles. The predicted octanol–water partition coefficient (Wildman–Crippen LogP) is 2.24. The van der Waals surface area contributed by atoms with Crippen LogP contribution in [0.5, 0.6) is 0 Å². The van der Waals surface area contributed by atoms with Gasteiger partial charge in [0.1, 0.15) is 16.6 Å². The summed E-state index contributed by atoms with van der Waals surface area (Å²) in [5.74, 6) is -2.49. The van der Waals surface area contributed by atoms with Crippen LogP contribution < -0.4 is 11.1 Å². The minimum Gasteiger partial charge on any atom is -0.396 e. The lowest BCUT2D eigenvalue weighted by Crippen LogP contribution is -2.24. The minimum absolute atomic E-state index is 0.189. The normalized spacial score (nSPS) is 10.5. The summed E-state index contributed by atoms with van der Waals surface area (Å²) in [6.07, 6.45) is 0. The molecule has 1 aromatic carbocycles. The van der Waals surface area contributed by atoms with Crippen LogP contribution in [0.1, 0.15) is 21.1 Å². The molecule has 0 fully saturated rings. The Hall–Kier alpha value is -2.02. The van der Waals surface area contributed by atoms with Crippen LogP contribution in [0.4, 0.5) is 14.5 Å². The summed E-state index contributed by atoms with van der Waals surface area (Å²) in [6, 6.07) is 1.57. The first-order chi connectivity index (χ1) is 8.97. The minimum atomic E-state index is -0.945. The smallest absolute Gasteiger partial charge is 0.254 e. The van der Waals surface area contributed by atoms with E-state index < -0.39 is 17.5 Å². The van der Waals surface area contributed by atoms with E-state index in [1.165, 1.54) is 11.3 Å². The van der Waals surface area contributed by atoms with Crippen LogP contribution in [0.2, 0.25) is 0 Å². The van der Waals surface area contributed by atoms with Crippen LogP contribution in [0.15, 0.2) is 17.5 Å². The quantitative estimate of drug-likeness (QED) is 0.849. The summed E-state index contributed by atoms with van der Waals surface area (Å²) in [5.41, 5.74) is 5.61. The third-order valence-corrected chi connectivity index (χ3v) is 3.36. The molecule has 0 atom stereocenters. The number of benzene rings is 1. The van der Waals surface area contributed by atoms with Crippen molar-refractivity contribution < 1.29 is 13.6 Å². The molecular weight excluding hydrogens is 272 g/mol. The molecule has 1 heterocycles. The van der Waals surface area contributed by atoms with Gasteiger partial charge in [-0.2, -0.15) is 0 Å². The molecule has 2 aromatic rings. The second kappa shape index (κ2) is 5.31. The van der Waals surface area contributed by atoms with E-state index >= 15 is 0 Å². The number of halogens is 2. The number of nitrogens with one attached hydrogen (secondary N) is 1. The molecule has 2 rings (SSSR count). The van der Waals surface area contributed by atoms with Crippen LogP contribution in [-0.4, -0.2) is 10.9 Å². The van der Waals surface area contributed by atoms with Gasteiger partial charge < -0.3 is 11.1 Å². The Morgan fingerprint density at radius 1 is 1.42 bits per heavy atom. The molecule has 4 nitrogen and oxygen atoms in total. The number of thiazole rings is 1. The Bertz CT molecular complexity index is 627. The summed E-state index contributed by atoms with van der Waals surface area (Å²) < 4.78 is 26.4. The Balaban J connectivity index is 2.10. The van der Waals surface area contributed by atoms with Crippen LogP contribution in [0.3, 0.4) is 0 Å². The van der Waals surface area contributed by atoms with Crippen molar-refractivity contribution in [3.05, 3.63) is 45.4 Å². The highest BCUT2D eigenvalue weighted by molar-refractivity contribution is 7.09. The fraction of sp³-hybridized carbons (Fsp3) is 0.167. The second-order valence-corrected chi connectivity index (χ2v) is 4.86. The van der Waals surface area contributed by atoms with Gasteiger partial charge in [-0.3, -0.25) is 4.79 Å². The Morgan fingerprint density at radius 2 is 2.16 bits per heavy atom. The van der Waals surface area contributed by atoms with E-state index in [1.807, 2.05) is 12.3 Å². The summed E-state index contributed by atoms with van der Waals surface area (Å²) in [7, 11) is 0. The molecule has 0 radical (unpaired) electrons. The lowest BCUT2D eigenvalue weighted by Gasteiger charge is -2.06. The van der Waals surface area contributed by atoms with Gasteiger partial charge in [0.2, 0.25) is 0 Å². The second-order valence-electron chi connectivity index (χ2n) is 3.92. The molecular formula is C12H11F2N3OS. The first-order valence-electron chi connectivity index (χ1n) is 5.41. The summed E-state index contributed by atoms with van der Waals surface area (Å²) in [5, 5.41) is 5.06. The van der Waals surface area contributed by atoms with Crippen molar-refractivity contribution in [2.45, 2.75) is 13.5 Å². The van der Waals surface area contributed by atoms with Crippen molar-refractivity contribution in [2.24, 2.45) is 0 Å². The third kappa shape index (κ3) is 3.05. The van der Waals surface area contributed by atoms with E-state index in [0.717, 1.165) is 11.8 Å². The highest BCUT2D eigenvalue weighted by Crippen LogP contribution is 2.17. The number of hydrogen-bond acceptors (Lipinski definition) is 4. The maximum Gasteiger partial charge on any atom is 0.254 e. The molecule has 0 aliphatic rings. The molecule has 7 heteroatoms. The van der Waals surface area contributed by atoms with Gasteiger partial charge in [0, 0.05) is 17.1 Å². The van der Waals surface area contributed by atoms with Gasteiger partial charge in [-0.25, -0.2) is 13.8 Å². The maximum absolute atomic E-state index is 13.4. The standard InChI is InChI=1S/C12H11F2N3OS/c1-6-5-19-11(17-6)4-16-12(18)7-2-10(15)9(14)3-8(7)13/h2-3,5H,4,15H2,1H3,(H,16,18). The number of nitrogens with two attached hydrogens (primary N) is 1. The molecule has 100 valence electrons. The fourth-order valence-corrected chi connectivity index (χ4v) is 2.19. The Morgan fingerprint density at radius 3 is 2.79 bits per heavy atom. The average Bonchev–Trinajstić information content (AvgIpc) is 2.77. The van der Waals surface area contributed by atoms with E-state index in [0.29, 0.717) is 11.1 Å². The van der Waals surface area contributed by atoms with E-state index in [4.69, 9.17) is 5.73 Å². The number of anilines is 1. The van der Waals surface area contributed by atoms with E-state index in [-0.39, 0.29) is 17.8 Å². The number of aryl methyl sites for hydroxylation is 1. The SMILES string of the molecule is Cc1csc(CNC(=O)c2cc(N)c(F)cc2F)n1. The van der Waals surface area contributed by atoms with Crippen LogP contribution in [0.25, 0.3) is 0 Å². The summed E-state index contributed by atoms with van der Waals surface area (Å²) >= 11 is 1.39. The van der Waals surface area contributed by atoms with Crippen molar-refractivity contribution in [3.8, 4) is 0 Å². The number of carbonyl (C=O) groups excluding carboxylic acids is 1. The number of nitrogen functional groups attached to an aromatic ring is 1. The number of rotatable bonds is 3. The highest BCUT2D eigenvalue weighted by Gasteiger charge is 2.15. The van der Waals surface area contributed by atoms with E-state index in [1.54, 1.807) is 0 Å². The molecule has 3 N–H and O–H groups in total. The van der Waals surface area contributed by atoms with Crippen LogP contribution in [0, 0.1) is 18.6 Å². The Labute approximate surface area is 112 Å². The topological polar surface area (TPSA) is 68.0 Å². The van der Waals surface area contributed by atoms with Crippen LogP contribution in [-0.2, 0) is 6.54 Å². The van der Waals surface area contributed by atoms with Crippen molar-refractivity contribution in [1.29, 1.82) is 0 Å². The highest BCUT2D eigenvalue weighted by atomic mass is 32.1. The van der Waals surface area contributed by atoms with Gasteiger partial charge in [0.05, 0.1) is 17.8 Å². The fourth-order valence-electron chi connectivity index (χ4n) is 1.47. The molecule has 0 spiro atoms. The van der Waals surface area contributed by atoms with Crippen molar-refractivity contribution in [2.75, 3.05) is 5.73 Å². The predicted molar refractivity (Wildman–Crippen MR) is 68.8 cm³/mol. The molecule has 0 unspecified atom stereocenters. The number of aromatic nitrogens is 1.